The van der Waals surface area contributed by atoms with Crippen molar-refractivity contribution in [2.24, 2.45) is 5.73 Å². The molecule has 0 heterocycles. The number of benzene rings is 1. The SMILES string of the molecule is CCN(CC)Cc1cccc(CNC(=O)C(N)CCSC)c1. The highest BCUT2D eigenvalue weighted by Crippen LogP contribution is 2.08. The number of nitrogens with zero attached hydrogens (tertiary/aromatic N) is 1. The summed E-state index contributed by atoms with van der Waals surface area (Å²) in [6, 6.07) is 7.97. The standard InChI is InChI=1S/C17H29N3OS/c1-4-20(5-2)13-15-8-6-7-14(11-15)12-19-17(21)16(18)9-10-22-3/h6-8,11,16H,4-5,9-10,12-13,18H2,1-3H3,(H,19,21). The third-order valence-corrected chi connectivity index (χ3v) is 4.37. The normalized spacial score (nSPS) is 12.4. The molecule has 1 rings (SSSR count). The number of amides is 1. The molecule has 0 saturated heterocycles. The lowest BCUT2D eigenvalue weighted by molar-refractivity contribution is -0.122. The fourth-order valence-corrected chi connectivity index (χ4v) is 2.73. The van der Waals surface area contributed by atoms with Gasteiger partial charge >= 0.3 is 0 Å². The van der Waals surface area contributed by atoms with Gasteiger partial charge in [0.25, 0.3) is 0 Å². The van der Waals surface area contributed by atoms with Crippen LogP contribution in [0.25, 0.3) is 0 Å². The van der Waals surface area contributed by atoms with E-state index in [2.05, 4.69) is 36.2 Å². The van der Waals surface area contributed by atoms with Crippen molar-refractivity contribution in [3.05, 3.63) is 35.4 Å². The lowest BCUT2D eigenvalue weighted by Crippen LogP contribution is -2.40. The van der Waals surface area contributed by atoms with Crippen LogP contribution in [0.3, 0.4) is 0 Å². The van der Waals surface area contributed by atoms with Crippen molar-refractivity contribution in [3.63, 3.8) is 0 Å². The summed E-state index contributed by atoms with van der Waals surface area (Å²) in [6.45, 7) is 7.91. The molecule has 0 bridgehead atoms. The van der Waals surface area contributed by atoms with Gasteiger partial charge in [-0.15, -0.1) is 0 Å². The first-order chi connectivity index (χ1) is 10.6. The molecular formula is C17H29N3OS. The lowest BCUT2D eigenvalue weighted by Gasteiger charge is -2.18. The van der Waals surface area contributed by atoms with E-state index in [1.807, 2.05) is 18.4 Å². The van der Waals surface area contributed by atoms with Gasteiger partial charge in [-0.25, -0.2) is 0 Å². The van der Waals surface area contributed by atoms with E-state index >= 15 is 0 Å². The summed E-state index contributed by atoms with van der Waals surface area (Å²) in [7, 11) is 0. The quantitative estimate of drug-likeness (QED) is 0.693. The molecule has 1 amide bonds. The highest BCUT2D eigenvalue weighted by atomic mass is 32.2. The fourth-order valence-electron chi connectivity index (χ4n) is 2.24. The Bertz CT molecular complexity index is 449. The van der Waals surface area contributed by atoms with Crippen LogP contribution >= 0.6 is 11.8 Å². The first-order valence-corrected chi connectivity index (χ1v) is 9.32. The highest BCUT2D eigenvalue weighted by Gasteiger charge is 2.12. The molecule has 1 aromatic rings. The Labute approximate surface area is 138 Å². The van der Waals surface area contributed by atoms with Crippen molar-refractivity contribution >= 4 is 17.7 Å². The average Bonchev–Trinajstić information content (AvgIpc) is 2.55. The van der Waals surface area contributed by atoms with Crippen molar-refractivity contribution < 1.29 is 4.79 Å². The molecule has 5 heteroatoms. The van der Waals surface area contributed by atoms with Crippen molar-refractivity contribution in [3.8, 4) is 0 Å². The van der Waals surface area contributed by atoms with Gasteiger partial charge in [0.15, 0.2) is 0 Å². The Morgan fingerprint density at radius 2 is 2.00 bits per heavy atom. The molecule has 0 aliphatic heterocycles. The molecular weight excluding hydrogens is 294 g/mol. The predicted octanol–water partition coefficient (Wildman–Crippen LogP) is 2.22. The maximum Gasteiger partial charge on any atom is 0.237 e. The van der Waals surface area contributed by atoms with Gasteiger partial charge in [-0.3, -0.25) is 9.69 Å². The molecule has 1 atom stereocenters. The number of carbonyl (C=O) groups excluding carboxylic acids is 1. The molecule has 0 saturated carbocycles. The summed E-state index contributed by atoms with van der Waals surface area (Å²) in [5, 5.41) is 2.93. The molecule has 0 fully saturated rings. The first-order valence-electron chi connectivity index (χ1n) is 7.93. The van der Waals surface area contributed by atoms with Crippen LogP contribution in [0.5, 0.6) is 0 Å². The van der Waals surface area contributed by atoms with Gasteiger partial charge < -0.3 is 11.1 Å². The number of thioether (sulfide) groups is 1. The third-order valence-electron chi connectivity index (χ3n) is 3.73. The third kappa shape index (κ3) is 6.81. The molecule has 0 aliphatic carbocycles. The minimum atomic E-state index is -0.411. The number of rotatable bonds is 10. The molecule has 1 aromatic carbocycles. The van der Waals surface area contributed by atoms with Crippen LogP contribution in [0.15, 0.2) is 24.3 Å². The summed E-state index contributed by atoms with van der Waals surface area (Å²) < 4.78 is 0. The van der Waals surface area contributed by atoms with Gasteiger partial charge in [-0.1, -0.05) is 38.1 Å². The zero-order valence-corrected chi connectivity index (χ0v) is 14.8. The Balaban J connectivity index is 2.50. The van der Waals surface area contributed by atoms with E-state index in [0.29, 0.717) is 6.54 Å². The van der Waals surface area contributed by atoms with Gasteiger partial charge in [0, 0.05) is 13.1 Å². The molecule has 124 valence electrons. The number of nitrogens with one attached hydrogen (secondary N) is 1. The average molecular weight is 324 g/mol. The lowest BCUT2D eigenvalue weighted by atomic mass is 10.1. The second-order valence-corrected chi connectivity index (χ2v) is 6.37. The highest BCUT2D eigenvalue weighted by molar-refractivity contribution is 7.98. The zero-order valence-electron chi connectivity index (χ0n) is 14.0. The predicted molar refractivity (Wildman–Crippen MR) is 95.9 cm³/mol. The van der Waals surface area contributed by atoms with E-state index in [9.17, 15) is 4.79 Å². The van der Waals surface area contributed by atoms with Crippen molar-refractivity contribution in [2.45, 2.75) is 39.4 Å². The van der Waals surface area contributed by atoms with Crippen molar-refractivity contribution in [2.75, 3.05) is 25.1 Å². The second kappa shape index (κ2) is 10.6. The van der Waals surface area contributed by atoms with Crippen LogP contribution in [-0.4, -0.2) is 41.9 Å². The van der Waals surface area contributed by atoms with Gasteiger partial charge in [0.05, 0.1) is 6.04 Å². The summed E-state index contributed by atoms with van der Waals surface area (Å²) >= 11 is 1.71. The van der Waals surface area contributed by atoms with Gasteiger partial charge in [-0.2, -0.15) is 11.8 Å². The summed E-state index contributed by atoms with van der Waals surface area (Å²) in [4.78, 5) is 14.3. The monoisotopic (exact) mass is 323 g/mol. The summed E-state index contributed by atoms with van der Waals surface area (Å²) in [5.74, 6) is 0.844. The van der Waals surface area contributed by atoms with Crippen LogP contribution in [0, 0.1) is 0 Å². The van der Waals surface area contributed by atoms with Gasteiger partial charge in [-0.05, 0) is 42.6 Å². The van der Waals surface area contributed by atoms with E-state index in [1.54, 1.807) is 11.8 Å². The molecule has 0 aliphatic rings. The Morgan fingerprint density at radius 1 is 1.32 bits per heavy atom. The van der Waals surface area contributed by atoms with Crippen LogP contribution in [0.4, 0.5) is 0 Å². The first kappa shape index (κ1) is 19.0. The van der Waals surface area contributed by atoms with Crippen LogP contribution < -0.4 is 11.1 Å². The van der Waals surface area contributed by atoms with Crippen LogP contribution in [0.2, 0.25) is 0 Å². The van der Waals surface area contributed by atoms with Crippen molar-refractivity contribution in [1.29, 1.82) is 0 Å². The summed E-state index contributed by atoms with van der Waals surface area (Å²) in [5.41, 5.74) is 8.27. The Hall–Kier alpha value is -1.04. The minimum Gasteiger partial charge on any atom is -0.351 e. The van der Waals surface area contributed by atoms with Crippen LogP contribution in [-0.2, 0) is 17.9 Å². The fraction of sp³-hybridized carbons (Fsp3) is 0.588. The van der Waals surface area contributed by atoms with Crippen molar-refractivity contribution in [1.82, 2.24) is 10.2 Å². The molecule has 0 spiro atoms. The van der Waals surface area contributed by atoms with E-state index in [-0.39, 0.29) is 5.91 Å². The topological polar surface area (TPSA) is 58.4 Å². The number of nitrogens with two attached hydrogens (primary N) is 1. The van der Waals surface area contributed by atoms with E-state index in [0.717, 1.165) is 37.4 Å². The minimum absolute atomic E-state index is 0.0665. The molecule has 22 heavy (non-hydrogen) atoms. The molecule has 0 radical (unpaired) electrons. The molecule has 4 nitrogen and oxygen atoms in total. The van der Waals surface area contributed by atoms with E-state index in [1.165, 1.54) is 5.56 Å². The number of hydrogen-bond acceptors (Lipinski definition) is 4. The summed E-state index contributed by atoms with van der Waals surface area (Å²) in [6.07, 6.45) is 2.74. The smallest absolute Gasteiger partial charge is 0.237 e. The Morgan fingerprint density at radius 3 is 2.64 bits per heavy atom. The largest absolute Gasteiger partial charge is 0.351 e. The van der Waals surface area contributed by atoms with E-state index in [4.69, 9.17) is 5.73 Å². The van der Waals surface area contributed by atoms with Gasteiger partial charge in [0.2, 0.25) is 5.91 Å². The van der Waals surface area contributed by atoms with Crippen LogP contribution in [0.1, 0.15) is 31.4 Å². The maximum absolute atomic E-state index is 11.9. The second-order valence-electron chi connectivity index (χ2n) is 5.39. The maximum atomic E-state index is 11.9. The molecule has 0 aromatic heterocycles. The number of carbonyl (C=O) groups is 1. The Kier molecular flexibility index (Phi) is 9.20. The molecule has 3 N–H and O–H groups in total. The van der Waals surface area contributed by atoms with Gasteiger partial charge in [0.1, 0.15) is 0 Å². The number of hydrogen-bond donors (Lipinski definition) is 2. The molecule has 1 unspecified atom stereocenters. The zero-order chi connectivity index (χ0) is 16.4. The van der Waals surface area contributed by atoms with E-state index < -0.39 is 6.04 Å².